The SMILES string of the molecule is O=c1[se]cc[se]1. The summed E-state index contributed by atoms with van der Waals surface area (Å²) in [4.78, 5) is 14.2. The molecule has 0 atom stereocenters. The van der Waals surface area contributed by atoms with Gasteiger partial charge in [-0.25, -0.2) is 0 Å². The van der Waals surface area contributed by atoms with Gasteiger partial charge in [0.15, 0.2) is 0 Å². The quantitative estimate of drug-likeness (QED) is 0.512. The topological polar surface area (TPSA) is 17.1 Å². The van der Waals surface area contributed by atoms with Crippen LogP contribution in [-0.2, 0) is 0 Å². The first-order valence-corrected chi connectivity index (χ1v) is 5.11. The van der Waals surface area contributed by atoms with E-state index in [1.54, 1.807) is 0 Å². The Bertz CT molecular complexity index is 147. The Morgan fingerprint density at radius 2 is 1.83 bits per heavy atom. The van der Waals surface area contributed by atoms with Crippen molar-refractivity contribution < 1.29 is 0 Å². The fourth-order valence-electron chi connectivity index (χ4n) is 0.194. The first-order chi connectivity index (χ1) is 2.89. The van der Waals surface area contributed by atoms with Crippen molar-refractivity contribution in [3.05, 3.63) is 17.9 Å². The van der Waals surface area contributed by atoms with Crippen LogP contribution in [0.25, 0.3) is 0 Å². The molecule has 0 saturated carbocycles. The van der Waals surface area contributed by atoms with Gasteiger partial charge in [0.05, 0.1) is 0 Å². The molecule has 1 nitrogen and oxygen atoms in total. The Morgan fingerprint density at radius 3 is 2.00 bits per heavy atom. The van der Waals surface area contributed by atoms with Gasteiger partial charge in [0, 0.05) is 0 Å². The molecule has 0 saturated heterocycles. The number of rotatable bonds is 0. The molecule has 0 spiro atoms. The third-order valence-electron chi connectivity index (χ3n) is 0.384. The van der Waals surface area contributed by atoms with Crippen LogP contribution >= 0.6 is 0 Å². The van der Waals surface area contributed by atoms with Crippen molar-refractivity contribution in [3.63, 3.8) is 0 Å². The summed E-state index contributed by atoms with van der Waals surface area (Å²) in [7, 11) is 0. The maximum absolute atomic E-state index is 10.2. The van der Waals surface area contributed by atoms with Gasteiger partial charge in [-0.3, -0.25) is 0 Å². The van der Waals surface area contributed by atoms with Crippen molar-refractivity contribution in [3.8, 4) is 0 Å². The predicted octanol–water partition coefficient (Wildman–Crippen LogP) is -0.839. The van der Waals surface area contributed by atoms with Crippen LogP contribution in [-0.4, -0.2) is 29.0 Å². The van der Waals surface area contributed by atoms with Crippen LogP contribution in [0.4, 0.5) is 0 Å². The second-order valence-corrected chi connectivity index (χ2v) is 5.75. The molecule has 3 heteroatoms. The Labute approximate surface area is 47.1 Å². The number of hydrogen-bond acceptors (Lipinski definition) is 1. The first kappa shape index (κ1) is 4.60. The Morgan fingerprint density at radius 1 is 1.33 bits per heavy atom. The van der Waals surface area contributed by atoms with Crippen molar-refractivity contribution >= 4 is 29.0 Å². The molecule has 0 N–H and O–H groups in total. The molecular formula is C3H2OSe2. The summed E-state index contributed by atoms with van der Waals surface area (Å²) in [5, 5.41) is 0. The van der Waals surface area contributed by atoms with Gasteiger partial charge in [-0.2, -0.15) is 0 Å². The van der Waals surface area contributed by atoms with Crippen LogP contribution in [0.5, 0.6) is 0 Å². The van der Waals surface area contributed by atoms with Gasteiger partial charge in [-0.05, 0) is 0 Å². The summed E-state index contributed by atoms with van der Waals surface area (Å²) in [6.45, 7) is 0. The van der Waals surface area contributed by atoms with E-state index in [9.17, 15) is 4.79 Å². The fraction of sp³-hybridized carbons (Fsp3) is 0. The predicted molar refractivity (Wildman–Crippen MR) is 26.6 cm³/mol. The minimum absolute atomic E-state index is 0.236. The zero-order chi connectivity index (χ0) is 4.41. The summed E-state index contributed by atoms with van der Waals surface area (Å²) in [6.07, 6.45) is 0. The average Bonchev–Trinajstić information content (AvgIpc) is 1.86. The fourth-order valence-corrected chi connectivity index (χ4v) is 4.04. The minimum atomic E-state index is 0.236. The molecule has 0 bridgehead atoms. The van der Waals surface area contributed by atoms with Gasteiger partial charge >= 0.3 is 46.9 Å². The van der Waals surface area contributed by atoms with Crippen molar-refractivity contribution in [1.82, 2.24) is 0 Å². The second kappa shape index (κ2) is 1.94. The van der Waals surface area contributed by atoms with Gasteiger partial charge in [-0.1, -0.05) is 0 Å². The van der Waals surface area contributed by atoms with E-state index < -0.39 is 0 Å². The van der Waals surface area contributed by atoms with E-state index >= 15 is 0 Å². The normalized spacial score (nSPS) is 8.67. The molecule has 1 rings (SSSR count). The van der Waals surface area contributed by atoms with Crippen LogP contribution in [0.3, 0.4) is 0 Å². The molecule has 1 aromatic rings. The molecule has 0 aromatic carbocycles. The average molecular weight is 212 g/mol. The van der Waals surface area contributed by atoms with Crippen molar-refractivity contribution in [2.24, 2.45) is 0 Å². The van der Waals surface area contributed by atoms with E-state index in [-0.39, 0.29) is 29.0 Å². The maximum atomic E-state index is 10.2. The van der Waals surface area contributed by atoms with Crippen LogP contribution in [0, 0.1) is 0 Å². The van der Waals surface area contributed by atoms with E-state index in [0.717, 1.165) is 0 Å². The van der Waals surface area contributed by atoms with Crippen LogP contribution in [0.1, 0.15) is 0 Å². The Hall–Kier alpha value is 0.449. The van der Waals surface area contributed by atoms with Crippen molar-refractivity contribution in [2.45, 2.75) is 0 Å². The van der Waals surface area contributed by atoms with E-state index in [1.165, 1.54) is 0 Å². The van der Waals surface area contributed by atoms with Gasteiger partial charge in [0.2, 0.25) is 0 Å². The molecular weight excluding hydrogens is 210 g/mol. The molecule has 0 aliphatic heterocycles. The molecule has 0 aliphatic rings. The van der Waals surface area contributed by atoms with E-state index in [1.807, 2.05) is 9.88 Å². The molecule has 32 valence electrons. The molecule has 0 unspecified atom stereocenters. The zero-order valence-electron chi connectivity index (χ0n) is 2.88. The van der Waals surface area contributed by atoms with Gasteiger partial charge < -0.3 is 0 Å². The standard InChI is InChI=1S/C3H2OSe2/c4-3-5-1-2-6-3/h1-2H. The number of hydrogen-bond donors (Lipinski definition) is 0. The molecule has 1 heterocycles. The monoisotopic (exact) mass is 214 g/mol. The summed E-state index contributed by atoms with van der Waals surface area (Å²) in [5.74, 6) is 0. The van der Waals surface area contributed by atoms with E-state index in [2.05, 4.69) is 0 Å². The molecule has 0 radical (unpaired) electrons. The van der Waals surface area contributed by atoms with Gasteiger partial charge in [0.25, 0.3) is 0 Å². The molecule has 0 amide bonds. The zero-order valence-corrected chi connectivity index (χ0v) is 6.31. The van der Waals surface area contributed by atoms with Gasteiger partial charge in [-0.15, -0.1) is 0 Å². The molecule has 0 aliphatic carbocycles. The van der Waals surface area contributed by atoms with E-state index in [0.29, 0.717) is 3.18 Å². The summed E-state index contributed by atoms with van der Waals surface area (Å²) in [5.41, 5.74) is 0. The summed E-state index contributed by atoms with van der Waals surface area (Å²) < 4.78 is 0.468. The van der Waals surface area contributed by atoms with Crippen LogP contribution < -0.4 is 3.18 Å². The van der Waals surface area contributed by atoms with E-state index in [4.69, 9.17) is 0 Å². The molecule has 1 aromatic heterocycles. The third-order valence-corrected chi connectivity index (χ3v) is 5.31. The van der Waals surface area contributed by atoms with Crippen LogP contribution in [0.15, 0.2) is 14.7 Å². The Kier molecular flexibility index (Phi) is 1.49. The summed E-state index contributed by atoms with van der Waals surface area (Å²) in [6, 6.07) is 0. The van der Waals surface area contributed by atoms with Crippen molar-refractivity contribution in [2.75, 3.05) is 0 Å². The molecule has 0 fully saturated rings. The third kappa shape index (κ3) is 0.954. The second-order valence-electron chi connectivity index (χ2n) is 0.758. The van der Waals surface area contributed by atoms with Gasteiger partial charge in [0.1, 0.15) is 0 Å². The first-order valence-electron chi connectivity index (χ1n) is 1.42. The Balaban J connectivity index is 3.41. The molecule has 6 heavy (non-hydrogen) atoms. The summed E-state index contributed by atoms with van der Waals surface area (Å²) >= 11 is 0.472. The van der Waals surface area contributed by atoms with Crippen LogP contribution in [0.2, 0.25) is 0 Å². The van der Waals surface area contributed by atoms with Crippen molar-refractivity contribution in [1.29, 1.82) is 0 Å².